The number of aromatic nitrogens is 1. The highest BCUT2D eigenvalue weighted by Gasteiger charge is 2.17. The van der Waals surface area contributed by atoms with Gasteiger partial charge >= 0.3 is 0 Å². The molecule has 0 fully saturated rings. The van der Waals surface area contributed by atoms with Gasteiger partial charge in [0.05, 0.1) is 16.8 Å². The molecule has 0 aliphatic rings. The van der Waals surface area contributed by atoms with E-state index in [1.54, 1.807) is 30.5 Å². The predicted octanol–water partition coefficient (Wildman–Crippen LogP) is 3.51. The van der Waals surface area contributed by atoms with Crippen molar-refractivity contribution >= 4 is 32.7 Å². The lowest BCUT2D eigenvalue weighted by Crippen LogP contribution is -2.22. The highest BCUT2D eigenvalue weighted by atomic mass is 32.2. The Labute approximate surface area is 156 Å². The molecule has 0 saturated heterocycles. The first-order valence-electron chi connectivity index (χ1n) is 7.79. The van der Waals surface area contributed by atoms with Gasteiger partial charge in [0.2, 0.25) is 15.2 Å². The van der Waals surface area contributed by atoms with Crippen LogP contribution in [0, 0.1) is 0 Å². The minimum atomic E-state index is -3.42. The summed E-state index contributed by atoms with van der Waals surface area (Å²) in [6.07, 6.45) is 1.72. The van der Waals surface area contributed by atoms with Crippen LogP contribution in [0.2, 0.25) is 0 Å². The van der Waals surface area contributed by atoms with E-state index in [9.17, 15) is 8.42 Å². The molecule has 2 aromatic carbocycles. The molecule has 8 heteroatoms. The van der Waals surface area contributed by atoms with E-state index in [1.165, 1.54) is 29.7 Å². The number of anilines is 1. The first-order valence-corrected chi connectivity index (χ1v) is 10.1. The van der Waals surface area contributed by atoms with Gasteiger partial charge in [0.25, 0.3) is 0 Å². The molecule has 3 rings (SSSR count). The molecule has 0 amide bonds. The summed E-state index contributed by atoms with van der Waals surface area (Å²) in [6.45, 7) is 0. The van der Waals surface area contributed by atoms with Crippen LogP contribution in [0.25, 0.3) is 11.3 Å². The van der Waals surface area contributed by atoms with Gasteiger partial charge in [-0.1, -0.05) is 42.5 Å². The van der Waals surface area contributed by atoms with Crippen molar-refractivity contribution in [3.8, 4) is 11.3 Å². The van der Waals surface area contributed by atoms with Gasteiger partial charge in [-0.15, -0.1) is 11.3 Å². The normalized spacial score (nSPS) is 12.0. The van der Waals surface area contributed by atoms with E-state index in [4.69, 9.17) is 0 Å². The zero-order valence-electron chi connectivity index (χ0n) is 14.3. The second kappa shape index (κ2) is 7.77. The minimum absolute atomic E-state index is 0.257. The summed E-state index contributed by atoms with van der Waals surface area (Å²) in [5.41, 5.74) is 5.51. The number of hydrogen-bond acceptors (Lipinski definition) is 6. The number of sulfonamides is 1. The van der Waals surface area contributed by atoms with Crippen molar-refractivity contribution in [3.63, 3.8) is 0 Å². The van der Waals surface area contributed by atoms with Crippen LogP contribution in [-0.2, 0) is 10.0 Å². The SMILES string of the molecule is CN(C)S(=O)(=O)c1ccc(-c2csc(N/N=C/c3ccccc3)n2)cc1. The number of rotatable bonds is 6. The van der Waals surface area contributed by atoms with Gasteiger partial charge in [-0.3, -0.25) is 5.43 Å². The van der Waals surface area contributed by atoms with Crippen LogP contribution in [0.5, 0.6) is 0 Å². The minimum Gasteiger partial charge on any atom is -0.253 e. The van der Waals surface area contributed by atoms with E-state index in [2.05, 4.69) is 15.5 Å². The molecule has 0 radical (unpaired) electrons. The summed E-state index contributed by atoms with van der Waals surface area (Å²) in [5, 5.41) is 6.74. The molecule has 26 heavy (non-hydrogen) atoms. The van der Waals surface area contributed by atoms with Crippen LogP contribution in [0.3, 0.4) is 0 Å². The number of benzene rings is 2. The molecule has 134 valence electrons. The van der Waals surface area contributed by atoms with Crippen molar-refractivity contribution in [1.29, 1.82) is 0 Å². The van der Waals surface area contributed by atoms with Crippen molar-refractivity contribution in [2.45, 2.75) is 4.90 Å². The Morgan fingerprint density at radius 1 is 1.08 bits per heavy atom. The second-order valence-corrected chi connectivity index (χ2v) is 8.64. The van der Waals surface area contributed by atoms with E-state index in [0.29, 0.717) is 5.13 Å². The summed E-state index contributed by atoms with van der Waals surface area (Å²) >= 11 is 1.43. The molecule has 0 spiro atoms. The van der Waals surface area contributed by atoms with Crippen LogP contribution in [0.15, 0.2) is 70.0 Å². The molecular formula is C18H18N4O2S2. The van der Waals surface area contributed by atoms with Gasteiger partial charge in [0, 0.05) is 25.0 Å². The second-order valence-electron chi connectivity index (χ2n) is 5.63. The summed E-state index contributed by atoms with van der Waals surface area (Å²) in [5.74, 6) is 0. The Balaban J connectivity index is 1.71. The van der Waals surface area contributed by atoms with Crippen molar-refractivity contribution < 1.29 is 8.42 Å². The number of hydrogen-bond donors (Lipinski definition) is 1. The first kappa shape index (κ1) is 18.2. The smallest absolute Gasteiger partial charge is 0.242 e. The van der Waals surface area contributed by atoms with Crippen molar-refractivity contribution in [2.75, 3.05) is 19.5 Å². The van der Waals surface area contributed by atoms with E-state index >= 15 is 0 Å². The quantitative estimate of drug-likeness (QED) is 0.520. The number of thiazole rings is 1. The number of hydrazone groups is 1. The molecule has 1 aromatic heterocycles. The third-order valence-electron chi connectivity index (χ3n) is 3.61. The standard InChI is InChI=1S/C18H18N4O2S2/c1-22(2)26(23,24)16-10-8-15(9-11-16)17-13-25-18(20-17)21-19-12-14-6-4-3-5-7-14/h3-13H,1-2H3,(H,20,21)/b19-12+. The Bertz CT molecular complexity index is 995. The first-order chi connectivity index (χ1) is 12.5. The van der Waals surface area contributed by atoms with E-state index in [-0.39, 0.29) is 4.90 Å². The van der Waals surface area contributed by atoms with Crippen molar-refractivity contribution in [1.82, 2.24) is 9.29 Å². The molecule has 6 nitrogen and oxygen atoms in total. The maximum Gasteiger partial charge on any atom is 0.242 e. The molecule has 1 heterocycles. The average Bonchev–Trinajstić information content (AvgIpc) is 3.11. The van der Waals surface area contributed by atoms with E-state index in [1.807, 2.05) is 35.7 Å². The lowest BCUT2D eigenvalue weighted by molar-refractivity contribution is 0.521. The van der Waals surface area contributed by atoms with Crippen LogP contribution < -0.4 is 5.43 Å². The Kier molecular flexibility index (Phi) is 5.46. The van der Waals surface area contributed by atoms with Gasteiger partial charge in [-0.2, -0.15) is 5.10 Å². The van der Waals surface area contributed by atoms with Crippen LogP contribution in [-0.4, -0.2) is 38.0 Å². The van der Waals surface area contributed by atoms with Crippen LogP contribution in [0.1, 0.15) is 5.56 Å². The zero-order chi connectivity index (χ0) is 18.6. The van der Waals surface area contributed by atoms with Crippen LogP contribution in [0.4, 0.5) is 5.13 Å². The van der Waals surface area contributed by atoms with Crippen molar-refractivity contribution in [2.24, 2.45) is 5.10 Å². The molecule has 0 saturated carbocycles. The monoisotopic (exact) mass is 386 g/mol. The van der Waals surface area contributed by atoms with Gasteiger partial charge < -0.3 is 0 Å². The fourth-order valence-electron chi connectivity index (χ4n) is 2.17. The summed E-state index contributed by atoms with van der Waals surface area (Å²) in [4.78, 5) is 4.73. The number of nitrogens with zero attached hydrogens (tertiary/aromatic N) is 3. The maximum atomic E-state index is 12.1. The molecular weight excluding hydrogens is 368 g/mol. The summed E-state index contributed by atoms with van der Waals surface area (Å²) in [6, 6.07) is 16.4. The third-order valence-corrected chi connectivity index (χ3v) is 6.18. The summed E-state index contributed by atoms with van der Waals surface area (Å²) in [7, 11) is -0.402. The van der Waals surface area contributed by atoms with E-state index in [0.717, 1.165) is 16.8 Å². The third kappa shape index (κ3) is 4.16. The lowest BCUT2D eigenvalue weighted by Gasteiger charge is -2.11. The predicted molar refractivity (Wildman–Crippen MR) is 106 cm³/mol. The van der Waals surface area contributed by atoms with E-state index < -0.39 is 10.0 Å². The fourth-order valence-corrected chi connectivity index (χ4v) is 3.74. The Morgan fingerprint density at radius 2 is 1.77 bits per heavy atom. The van der Waals surface area contributed by atoms with Gasteiger partial charge in [0.1, 0.15) is 0 Å². The lowest BCUT2D eigenvalue weighted by atomic mass is 10.2. The fraction of sp³-hybridized carbons (Fsp3) is 0.111. The molecule has 1 N–H and O–H groups in total. The van der Waals surface area contributed by atoms with Crippen molar-refractivity contribution in [3.05, 3.63) is 65.5 Å². The van der Waals surface area contributed by atoms with Gasteiger partial charge in [-0.25, -0.2) is 17.7 Å². The molecule has 0 aliphatic heterocycles. The van der Waals surface area contributed by atoms with Gasteiger partial charge in [-0.05, 0) is 17.7 Å². The Hall–Kier alpha value is -2.55. The molecule has 0 atom stereocenters. The largest absolute Gasteiger partial charge is 0.253 e. The number of nitrogens with one attached hydrogen (secondary N) is 1. The highest BCUT2D eigenvalue weighted by Crippen LogP contribution is 2.26. The molecule has 0 aliphatic carbocycles. The maximum absolute atomic E-state index is 12.1. The zero-order valence-corrected chi connectivity index (χ0v) is 16.0. The van der Waals surface area contributed by atoms with Gasteiger partial charge in [0.15, 0.2) is 0 Å². The molecule has 0 bridgehead atoms. The molecule has 0 unspecified atom stereocenters. The Morgan fingerprint density at radius 3 is 2.42 bits per heavy atom. The topological polar surface area (TPSA) is 74.7 Å². The molecule has 3 aromatic rings. The summed E-state index contributed by atoms with van der Waals surface area (Å²) < 4.78 is 25.4. The highest BCUT2D eigenvalue weighted by molar-refractivity contribution is 7.89. The average molecular weight is 387 g/mol. The van der Waals surface area contributed by atoms with Crippen LogP contribution >= 0.6 is 11.3 Å².